The third-order valence-electron chi connectivity index (χ3n) is 9.66. The Morgan fingerprint density at radius 3 is 2.22 bits per heavy atom. The second kappa shape index (κ2) is 15.1. The molecule has 14 heteroatoms. The fraction of sp³-hybridized carbons (Fsp3) is 0.405. The zero-order valence-corrected chi connectivity index (χ0v) is 30.2. The van der Waals surface area contributed by atoms with E-state index in [4.69, 9.17) is 37.4 Å². The van der Waals surface area contributed by atoms with E-state index in [-0.39, 0.29) is 31.2 Å². The molecule has 4 aromatic rings. The van der Waals surface area contributed by atoms with Gasteiger partial charge in [0.1, 0.15) is 43.7 Å². The van der Waals surface area contributed by atoms with Crippen LogP contribution in [-0.4, -0.2) is 89.7 Å². The van der Waals surface area contributed by atoms with E-state index in [1.807, 2.05) is 42.5 Å². The number of carbonyl (C=O) groups excluding carboxylic acids is 2. The topological polar surface area (TPSA) is 106 Å². The highest BCUT2D eigenvalue weighted by Gasteiger charge is 2.46. The largest absolute Gasteiger partial charge is 0.491 e. The number of imide groups is 1. The van der Waals surface area contributed by atoms with Crippen LogP contribution in [0.4, 0.5) is 21.9 Å². The molecule has 7 rings (SSSR count). The zero-order valence-electron chi connectivity index (χ0n) is 28.7. The van der Waals surface area contributed by atoms with Crippen LogP contribution >= 0.6 is 23.2 Å². The Morgan fingerprint density at radius 1 is 0.922 bits per heavy atom. The molecule has 51 heavy (non-hydrogen) atoms. The number of hydrogen-bond acceptors (Lipinski definition) is 9. The molecule has 0 spiro atoms. The number of halogens is 2. The van der Waals surface area contributed by atoms with Crippen molar-refractivity contribution in [3.8, 4) is 5.75 Å². The maximum atomic E-state index is 13.0. The monoisotopic (exact) mass is 733 g/mol. The van der Waals surface area contributed by atoms with Crippen molar-refractivity contribution in [3.05, 3.63) is 95.0 Å². The van der Waals surface area contributed by atoms with Crippen LogP contribution < -0.4 is 19.4 Å². The standard InChI is InChI=1S/C37H41Cl2N7O5/c1-3-4-15-45-26(2)35(47)46(36(45)48)30-8-6-28(7-9-30)42-16-18-43(19-17-42)29-10-12-31(13-11-29)49-21-32-22-50-37(51-32,23-44-25-40-24-41-44)33-14-5-27(38)20-34(33)39/h5-14,20,24-26,32H,3-4,15-19,21-23H2,1-2H3/t26?,32-,37-/m1/s1. The van der Waals surface area contributed by atoms with Crippen molar-refractivity contribution in [3.63, 3.8) is 0 Å². The smallest absolute Gasteiger partial charge is 0.332 e. The lowest BCUT2D eigenvalue weighted by Gasteiger charge is -2.37. The number of amides is 3. The van der Waals surface area contributed by atoms with Crippen LogP contribution in [0.3, 0.4) is 0 Å². The Bertz CT molecular complexity index is 1820. The fourth-order valence-electron chi connectivity index (χ4n) is 6.82. The summed E-state index contributed by atoms with van der Waals surface area (Å²) in [6, 6.07) is 20.4. The molecular formula is C37H41Cl2N7O5. The maximum Gasteiger partial charge on any atom is 0.332 e. The van der Waals surface area contributed by atoms with E-state index in [0.717, 1.165) is 56.1 Å². The first kappa shape index (κ1) is 35.1. The van der Waals surface area contributed by atoms with Crippen molar-refractivity contribution in [1.82, 2.24) is 19.7 Å². The molecule has 12 nitrogen and oxygen atoms in total. The number of carbonyl (C=O) groups is 2. The van der Waals surface area contributed by atoms with Crippen LogP contribution in [0.1, 0.15) is 32.3 Å². The Balaban J connectivity index is 0.914. The fourth-order valence-corrected chi connectivity index (χ4v) is 7.38. The third kappa shape index (κ3) is 7.36. The van der Waals surface area contributed by atoms with Gasteiger partial charge in [-0.25, -0.2) is 19.4 Å². The van der Waals surface area contributed by atoms with Crippen molar-refractivity contribution in [2.24, 2.45) is 0 Å². The van der Waals surface area contributed by atoms with Crippen molar-refractivity contribution in [2.45, 2.75) is 51.2 Å². The van der Waals surface area contributed by atoms with Gasteiger partial charge in [0.25, 0.3) is 5.91 Å². The lowest BCUT2D eigenvalue weighted by Crippen LogP contribution is -2.46. The van der Waals surface area contributed by atoms with Gasteiger partial charge in [0.2, 0.25) is 5.79 Å². The Labute approximate surface area is 307 Å². The molecule has 0 saturated carbocycles. The van der Waals surface area contributed by atoms with Gasteiger partial charge >= 0.3 is 6.03 Å². The van der Waals surface area contributed by atoms with E-state index >= 15 is 0 Å². The van der Waals surface area contributed by atoms with Gasteiger partial charge in [-0.05, 0) is 74.0 Å². The van der Waals surface area contributed by atoms with E-state index in [2.05, 4.69) is 38.9 Å². The van der Waals surface area contributed by atoms with Crippen LogP contribution in [0.15, 0.2) is 79.4 Å². The summed E-state index contributed by atoms with van der Waals surface area (Å²) < 4.78 is 20.5. The number of hydrogen-bond donors (Lipinski definition) is 0. The molecule has 3 aliphatic heterocycles. The first-order valence-electron chi connectivity index (χ1n) is 17.3. The van der Waals surface area contributed by atoms with Crippen LogP contribution in [0.2, 0.25) is 10.0 Å². The van der Waals surface area contributed by atoms with Gasteiger partial charge in [0, 0.05) is 54.7 Å². The number of ether oxygens (including phenoxy) is 3. The second-order valence-corrected chi connectivity index (χ2v) is 13.8. The molecule has 3 aliphatic rings. The van der Waals surface area contributed by atoms with E-state index in [9.17, 15) is 9.59 Å². The van der Waals surface area contributed by atoms with Crippen LogP contribution in [0.5, 0.6) is 5.75 Å². The lowest BCUT2D eigenvalue weighted by atomic mass is 10.1. The summed E-state index contributed by atoms with van der Waals surface area (Å²) in [6.45, 7) is 8.72. The molecule has 0 N–H and O–H groups in total. The molecule has 0 radical (unpaired) electrons. The Kier molecular flexibility index (Phi) is 10.4. The molecule has 1 unspecified atom stereocenters. The zero-order chi connectivity index (χ0) is 35.5. The van der Waals surface area contributed by atoms with Crippen LogP contribution in [0.25, 0.3) is 0 Å². The maximum absolute atomic E-state index is 13.0. The highest BCUT2D eigenvalue weighted by Crippen LogP contribution is 2.40. The molecule has 1 aromatic heterocycles. The van der Waals surface area contributed by atoms with Gasteiger partial charge in [-0.1, -0.05) is 42.6 Å². The molecule has 0 bridgehead atoms. The van der Waals surface area contributed by atoms with Gasteiger partial charge in [-0.3, -0.25) is 4.79 Å². The predicted molar refractivity (Wildman–Crippen MR) is 196 cm³/mol. The van der Waals surface area contributed by atoms with Crippen molar-refractivity contribution >= 4 is 52.2 Å². The molecule has 4 heterocycles. The number of nitrogens with zero attached hydrogens (tertiary/aromatic N) is 7. The first-order valence-corrected chi connectivity index (χ1v) is 18.1. The summed E-state index contributed by atoms with van der Waals surface area (Å²) in [5, 5.41) is 5.19. The van der Waals surface area contributed by atoms with Gasteiger partial charge in [0.15, 0.2) is 0 Å². The Morgan fingerprint density at radius 2 is 1.59 bits per heavy atom. The molecular weight excluding hydrogens is 693 g/mol. The summed E-state index contributed by atoms with van der Waals surface area (Å²) in [5.41, 5.74) is 3.46. The molecule has 268 valence electrons. The third-order valence-corrected chi connectivity index (χ3v) is 10.2. The summed E-state index contributed by atoms with van der Waals surface area (Å²) in [4.78, 5) is 37.7. The molecule has 3 fully saturated rings. The molecule has 3 saturated heterocycles. The highest BCUT2D eigenvalue weighted by atomic mass is 35.5. The van der Waals surface area contributed by atoms with Gasteiger partial charge in [0.05, 0.1) is 17.3 Å². The normalized spacial score (nSPS) is 22.4. The highest BCUT2D eigenvalue weighted by molar-refractivity contribution is 6.35. The average Bonchev–Trinajstić information content (AvgIpc) is 3.86. The molecule has 3 aromatic carbocycles. The summed E-state index contributed by atoms with van der Waals surface area (Å²) in [7, 11) is 0. The van der Waals surface area contributed by atoms with Gasteiger partial charge < -0.3 is 28.9 Å². The summed E-state index contributed by atoms with van der Waals surface area (Å²) in [6.07, 6.45) is 4.56. The molecule has 0 aliphatic carbocycles. The first-order chi connectivity index (χ1) is 24.7. The van der Waals surface area contributed by atoms with E-state index in [0.29, 0.717) is 34.4 Å². The predicted octanol–water partition coefficient (Wildman–Crippen LogP) is 6.22. The summed E-state index contributed by atoms with van der Waals surface area (Å²) in [5.74, 6) is -0.606. The van der Waals surface area contributed by atoms with Crippen LogP contribution in [-0.2, 0) is 26.6 Å². The number of urea groups is 1. The van der Waals surface area contributed by atoms with E-state index < -0.39 is 11.8 Å². The average molecular weight is 735 g/mol. The van der Waals surface area contributed by atoms with E-state index in [1.54, 1.807) is 35.0 Å². The number of piperazine rings is 1. The lowest BCUT2D eigenvalue weighted by molar-refractivity contribution is -0.190. The second-order valence-electron chi connectivity index (χ2n) is 13.0. The minimum Gasteiger partial charge on any atom is -0.491 e. The number of anilines is 3. The SMILES string of the molecule is CCCCN1C(=O)N(c2ccc(N3CCN(c4ccc(OC[C@@H]5CO[C@@](Cn6cncn6)(c6ccc(Cl)cc6Cl)O5)cc4)CC3)cc2)C(=O)C1C. The van der Waals surface area contributed by atoms with Gasteiger partial charge in [-0.2, -0.15) is 5.10 Å². The summed E-state index contributed by atoms with van der Waals surface area (Å²) >= 11 is 12.7. The van der Waals surface area contributed by atoms with Crippen molar-refractivity contribution < 1.29 is 23.8 Å². The minimum absolute atomic E-state index is 0.171. The number of aromatic nitrogens is 3. The number of unbranched alkanes of at least 4 members (excludes halogenated alkanes) is 1. The molecule has 3 amide bonds. The quantitative estimate of drug-likeness (QED) is 0.157. The van der Waals surface area contributed by atoms with Crippen molar-refractivity contribution in [1.29, 1.82) is 0 Å². The minimum atomic E-state index is -1.17. The van der Waals surface area contributed by atoms with Crippen LogP contribution in [0, 0.1) is 0 Å². The number of rotatable bonds is 12. The number of benzene rings is 3. The van der Waals surface area contributed by atoms with Crippen molar-refractivity contribution in [2.75, 3.05) is 60.6 Å². The Hall–Kier alpha value is -4.36. The van der Waals surface area contributed by atoms with Gasteiger partial charge in [-0.15, -0.1) is 0 Å². The molecule has 3 atom stereocenters. The van der Waals surface area contributed by atoms with E-state index in [1.165, 1.54) is 11.2 Å².